The maximum Gasteiger partial charge on any atom is 0.330 e. The molecule has 0 amide bonds. The van der Waals surface area contributed by atoms with E-state index >= 15 is 0 Å². The molecule has 0 fully saturated rings. The van der Waals surface area contributed by atoms with E-state index in [1.54, 1.807) is 0 Å². The summed E-state index contributed by atoms with van der Waals surface area (Å²) in [4.78, 5) is 0. The summed E-state index contributed by atoms with van der Waals surface area (Å²) in [5.74, 6) is 0. The number of unbranched alkanes of at least 4 members (excludes halogenated alkanes) is 6. The van der Waals surface area contributed by atoms with Gasteiger partial charge in [0.2, 0.25) is 0 Å². The fraction of sp³-hybridized carbons (Fsp3) is 1.00. The smallest absolute Gasteiger partial charge is 0.309 e. The molecule has 0 aliphatic carbocycles. The minimum atomic E-state index is -2.79. The summed E-state index contributed by atoms with van der Waals surface area (Å²) < 4.78 is 22.7. The van der Waals surface area contributed by atoms with E-state index in [-0.39, 0.29) is 0 Å². The second kappa shape index (κ2) is 12.7. The Morgan fingerprint density at radius 2 is 1.28 bits per heavy atom. The van der Waals surface area contributed by atoms with Gasteiger partial charge in [-0.25, -0.2) is 0 Å². The summed E-state index contributed by atoms with van der Waals surface area (Å²) in [5, 5.41) is 1.11. The SMILES string of the molecule is CCOP(=O)(CCCCCCCCCBr)OCC. The predicted octanol–water partition coefficient (Wildman–Crippen LogP) is 5.38. The Morgan fingerprint density at radius 1 is 0.833 bits per heavy atom. The third-order valence-electron chi connectivity index (χ3n) is 2.72. The van der Waals surface area contributed by atoms with Gasteiger partial charge in [-0.2, -0.15) is 0 Å². The van der Waals surface area contributed by atoms with E-state index in [1.807, 2.05) is 13.8 Å². The van der Waals surface area contributed by atoms with Crippen molar-refractivity contribution in [3.05, 3.63) is 0 Å². The lowest BCUT2D eigenvalue weighted by Crippen LogP contribution is -2.00. The molecule has 0 aromatic carbocycles. The summed E-state index contributed by atoms with van der Waals surface area (Å²) >= 11 is 3.44. The van der Waals surface area contributed by atoms with Gasteiger partial charge in [0.15, 0.2) is 0 Å². The Bertz CT molecular complexity index is 214. The van der Waals surface area contributed by atoms with Crippen molar-refractivity contribution in [3.8, 4) is 0 Å². The highest BCUT2D eigenvalue weighted by Crippen LogP contribution is 2.48. The van der Waals surface area contributed by atoms with Crippen molar-refractivity contribution in [1.82, 2.24) is 0 Å². The molecule has 0 aromatic heterocycles. The number of hydrogen-bond donors (Lipinski definition) is 0. The van der Waals surface area contributed by atoms with Gasteiger partial charge < -0.3 is 9.05 Å². The zero-order valence-electron chi connectivity index (χ0n) is 11.8. The second-order valence-electron chi connectivity index (χ2n) is 4.33. The lowest BCUT2D eigenvalue weighted by atomic mass is 10.1. The average Bonchev–Trinajstić information content (AvgIpc) is 2.33. The van der Waals surface area contributed by atoms with Crippen molar-refractivity contribution in [3.63, 3.8) is 0 Å². The number of hydrogen-bond acceptors (Lipinski definition) is 3. The minimum absolute atomic E-state index is 0.462. The molecule has 0 saturated carbocycles. The molecular formula is C13H28BrO3P. The van der Waals surface area contributed by atoms with Crippen LogP contribution in [0.3, 0.4) is 0 Å². The van der Waals surface area contributed by atoms with Gasteiger partial charge in [0, 0.05) is 5.33 Å². The first-order valence-electron chi connectivity index (χ1n) is 7.12. The van der Waals surface area contributed by atoms with Gasteiger partial charge in [-0.05, 0) is 26.7 Å². The third kappa shape index (κ3) is 10.5. The molecular weight excluding hydrogens is 315 g/mol. The van der Waals surface area contributed by atoms with Crippen molar-refractivity contribution in [2.75, 3.05) is 24.7 Å². The normalized spacial score (nSPS) is 11.9. The zero-order valence-corrected chi connectivity index (χ0v) is 14.3. The lowest BCUT2D eigenvalue weighted by Gasteiger charge is -2.16. The minimum Gasteiger partial charge on any atom is -0.309 e. The van der Waals surface area contributed by atoms with Crippen molar-refractivity contribution in [2.45, 2.75) is 58.8 Å². The monoisotopic (exact) mass is 342 g/mol. The van der Waals surface area contributed by atoms with Gasteiger partial charge in [-0.1, -0.05) is 48.0 Å². The van der Waals surface area contributed by atoms with E-state index in [2.05, 4.69) is 15.9 Å². The van der Waals surface area contributed by atoms with E-state index < -0.39 is 7.60 Å². The molecule has 5 heteroatoms. The van der Waals surface area contributed by atoms with Crippen LogP contribution in [0.2, 0.25) is 0 Å². The highest BCUT2D eigenvalue weighted by atomic mass is 79.9. The van der Waals surface area contributed by atoms with Gasteiger partial charge >= 0.3 is 7.60 Å². The van der Waals surface area contributed by atoms with Crippen LogP contribution < -0.4 is 0 Å². The fourth-order valence-corrected chi connectivity index (χ4v) is 3.97. The predicted molar refractivity (Wildman–Crippen MR) is 81.8 cm³/mol. The largest absolute Gasteiger partial charge is 0.330 e. The first-order valence-corrected chi connectivity index (χ1v) is 9.97. The van der Waals surface area contributed by atoms with Crippen molar-refractivity contribution >= 4 is 23.5 Å². The summed E-state index contributed by atoms with van der Waals surface area (Å²) in [6, 6.07) is 0. The van der Waals surface area contributed by atoms with Crippen LogP contribution in [0.5, 0.6) is 0 Å². The molecule has 0 unspecified atom stereocenters. The molecule has 18 heavy (non-hydrogen) atoms. The molecule has 0 atom stereocenters. The molecule has 0 saturated heterocycles. The molecule has 0 bridgehead atoms. The first kappa shape index (κ1) is 18.6. The Morgan fingerprint density at radius 3 is 1.72 bits per heavy atom. The highest BCUT2D eigenvalue weighted by molar-refractivity contribution is 9.09. The lowest BCUT2D eigenvalue weighted by molar-refractivity contribution is 0.219. The average molecular weight is 343 g/mol. The van der Waals surface area contributed by atoms with E-state index in [0.29, 0.717) is 19.4 Å². The summed E-state index contributed by atoms with van der Waals surface area (Å²) in [6.07, 6.45) is 9.01. The van der Waals surface area contributed by atoms with Crippen LogP contribution >= 0.6 is 23.5 Å². The van der Waals surface area contributed by atoms with Crippen molar-refractivity contribution < 1.29 is 13.6 Å². The van der Waals surface area contributed by atoms with Gasteiger partial charge in [0.05, 0.1) is 19.4 Å². The Labute approximate surface area is 121 Å². The molecule has 0 radical (unpaired) electrons. The number of rotatable bonds is 13. The van der Waals surface area contributed by atoms with Gasteiger partial charge in [0.25, 0.3) is 0 Å². The second-order valence-corrected chi connectivity index (χ2v) is 7.31. The van der Waals surface area contributed by atoms with Crippen LogP contribution in [0.15, 0.2) is 0 Å². The van der Waals surface area contributed by atoms with E-state index in [1.165, 1.54) is 32.1 Å². The Kier molecular flexibility index (Phi) is 13.1. The molecule has 0 aromatic rings. The van der Waals surface area contributed by atoms with E-state index in [4.69, 9.17) is 9.05 Å². The number of alkyl halides is 1. The Hall–Kier alpha value is 0.630. The molecule has 0 aliphatic rings. The maximum atomic E-state index is 12.1. The van der Waals surface area contributed by atoms with Crippen LogP contribution in [-0.4, -0.2) is 24.7 Å². The quantitative estimate of drug-likeness (QED) is 0.256. The number of halogens is 1. The van der Waals surface area contributed by atoms with Crippen LogP contribution in [0.25, 0.3) is 0 Å². The maximum absolute atomic E-state index is 12.1. The van der Waals surface area contributed by atoms with Crippen LogP contribution in [0.1, 0.15) is 58.8 Å². The molecule has 0 N–H and O–H groups in total. The highest BCUT2D eigenvalue weighted by Gasteiger charge is 2.22. The molecule has 3 nitrogen and oxygen atoms in total. The molecule has 0 heterocycles. The van der Waals surface area contributed by atoms with Crippen molar-refractivity contribution in [2.24, 2.45) is 0 Å². The van der Waals surface area contributed by atoms with E-state index in [0.717, 1.165) is 18.2 Å². The molecule has 0 rings (SSSR count). The van der Waals surface area contributed by atoms with Gasteiger partial charge in [-0.15, -0.1) is 0 Å². The Balaban J connectivity index is 3.52. The van der Waals surface area contributed by atoms with Crippen LogP contribution in [0, 0.1) is 0 Å². The van der Waals surface area contributed by atoms with Gasteiger partial charge in [-0.3, -0.25) is 4.57 Å². The summed E-state index contributed by atoms with van der Waals surface area (Å²) in [6.45, 7) is 4.64. The molecule has 110 valence electrons. The summed E-state index contributed by atoms with van der Waals surface area (Å²) in [7, 11) is -2.79. The van der Waals surface area contributed by atoms with Crippen molar-refractivity contribution in [1.29, 1.82) is 0 Å². The first-order chi connectivity index (χ1) is 8.68. The zero-order chi connectivity index (χ0) is 13.7. The molecule has 0 aliphatic heterocycles. The summed E-state index contributed by atoms with van der Waals surface area (Å²) in [5.41, 5.74) is 0. The van der Waals surface area contributed by atoms with Crippen LogP contribution in [-0.2, 0) is 13.6 Å². The molecule has 0 spiro atoms. The topological polar surface area (TPSA) is 35.5 Å². The fourth-order valence-electron chi connectivity index (χ4n) is 1.84. The standard InChI is InChI=1S/C13H28BrO3P/c1-3-16-18(15,17-4-2)13-11-9-7-5-6-8-10-12-14/h3-13H2,1-2H3. The van der Waals surface area contributed by atoms with Crippen LogP contribution in [0.4, 0.5) is 0 Å². The van der Waals surface area contributed by atoms with Gasteiger partial charge in [0.1, 0.15) is 0 Å². The van der Waals surface area contributed by atoms with E-state index in [9.17, 15) is 4.57 Å². The third-order valence-corrected chi connectivity index (χ3v) is 5.45.